The predicted octanol–water partition coefficient (Wildman–Crippen LogP) is 9.10. The summed E-state index contributed by atoms with van der Waals surface area (Å²) in [5.74, 6) is 1.31. The van der Waals surface area contributed by atoms with E-state index in [4.69, 9.17) is 14.7 Å². The van der Waals surface area contributed by atoms with Gasteiger partial charge in [-0.05, 0) is 80.3 Å². The Hall–Kier alpha value is -4.47. The summed E-state index contributed by atoms with van der Waals surface area (Å²) in [6.45, 7) is 6.56. The van der Waals surface area contributed by atoms with E-state index in [2.05, 4.69) is 96.3 Å². The van der Waals surface area contributed by atoms with Crippen LogP contribution in [0.15, 0.2) is 115 Å². The summed E-state index contributed by atoms with van der Waals surface area (Å²) in [4.78, 5) is 27.0. The van der Waals surface area contributed by atoms with E-state index in [9.17, 15) is 9.59 Å². The van der Waals surface area contributed by atoms with Crippen molar-refractivity contribution in [2.24, 2.45) is 0 Å². The SMILES string of the molecule is CC(C)(C)OC(=O)N(CCCCCCSC(c1ccccc1)(c1ccccc1)c1ccccc1)CCNC(=O)Oc1ccc(NO)cc1. The number of unbranched alkanes of at least 4 members (excludes halogenated alkanes) is 3. The van der Waals surface area contributed by atoms with E-state index in [0.29, 0.717) is 24.5 Å². The Morgan fingerprint density at radius 1 is 0.708 bits per heavy atom. The molecular formula is C39H47N3O5S. The number of carbonyl (C=O) groups is 2. The van der Waals surface area contributed by atoms with E-state index < -0.39 is 17.8 Å². The van der Waals surface area contributed by atoms with Crippen LogP contribution in [0, 0.1) is 0 Å². The molecule has 48 heavy (non-hydrogen) atoms. The van der Waals surface area contributed by atoms with Crippen LogP contribution >= 0.6 is 11.8 Å². The maximum Gasteiger partial charge on any atom is 0.412 e. The van der Waals surface area contributed by atoms with E-state index in [0.717, 1.165) is 31.4 Å². The van der Waals surface area contributed by atoms with Gasteiger partial charge in [0, 0.05) is 19.6 Å². The summed E-state index contributed by atoms with van der Waals surface area (Å²) in [7, 11) is 0. The fraction of sp³-hybridized carbons (Fsp3) is 0.333. The zero-order valence-corrected chi connectivity index (χ0v) is 28.9. The zero-order valence-electron chi connectivity index (χ0n) is 28.1. The molecule has 0 fully saturated rings. The molecule has 0 spiro atoms. The fourth-order valence-electron chi connectivity index (χ4n) is 5.41. The molecule has 3 N–H and O–H groups in total. The highest BCUT2D eigenvalue weighted by atomic mass is 32.2. The minimum absolute atomic E-state index is 0.214. The minimum atomic E-state index is -0.628. The third kappa shape index (κ3) is 10.8. The van der Waals surface area contributed by atoms with Crippen LogP contribution in [0.5, 0.6) is 5.75 Å². The van der Waals surface area contributed by atoms with Crippen molar-refractivity contribution in [3.63, 3.8) is 0 Å². The van der Waals surface area contributed by atoms with Gasteiger partial charge in [-0.15, -0.1) is 11.8 Å². The van der Waals surface area contributed by atoms with Gasteiger partial charge in [-0.25, -0.2) is 9.59 Å². The van der Waals surface area contributed by atoms with Crippen LogP contribution in [0.1, 0.15) is 63.1 Å². The van der Waals surface area contributed by atoms with Gasteiger partial charge in [-0.2, -0.15) is 0 Å². The predicted molar refractivity (Wildman–Crippen MR) is 194 cm³/mol. The van der Waals surface area contributed by atoms with Crippen molar-refractivity contribution in [1.29, 1.82) is 0 Å². The Morgan fingerprint density at radius 2 is 1.23 bits per heavy atom. The number of hydrogen-bond acceptors (Lipinski definition) is 7. The molecule has 0 radical (unpaired) electrons. The quantitative estimate of drug-likeness (QED) is 0.0622. The Labute approximate surface area is 288 Å². The molecule has 2 amide bonds. The minimum Gasteiger partial charge on any atom is -0.444 e. The third-order valence-corrected chi connectivity index (χ3v) is 9.31. The first-order valence-corrected chi connectivity index (χ1v) is 17.4. The second-order valence-corrected chi connectivity index (χ2v) is 13.8. The molecule has 0 saturated carbocycles. The molecule has 0 aromatic heterocycles. The Bertz CT molecular complexity index is 1430. The number of thioether (sulfide) groups is 1. The number of amides is 2. The highest BCUT2D eigenvalue weighted by Crippen LogP contribution is 2.48. The second-order valence-electron chi connectivity index (χ2n) is 12.5. The monoisotopic (exact) mass is 669 g/mol. The highest BCUT2D eigenvalue weighted by Gasteiger charge is 2.36. The number of rotatable bonds is 16. The van der Waals surface area contributed by atoms with Crippen LogP contribution in [0.4, 0.5) is 15.3 Å². The summed E-state index contributed by atoms with van der Waals surface area (Å²) < 4.78 is 10.6. The normalized spacial score (nSPS) is 11.4. The van der Waals surface area contributed by atoms with Gasteiger partial charge in [0.25, 0.3) is 0 Å². The summed E-state index contributed by atoms with van der Waals surface area (Å²) in [6, 6.07) is 38.5. The molecule has 254 valence electrons. The van der Waals surface area contributed by atoms with Crippen molar-refractivity contribution >= 4 is 29.6 Å². The van der Waals surface area contributed by atoms with Gasteiger partial charge in [-0.1, -0.05) is 104 Å². The van der Waals surface area contributed by atoms with Crippen LogP contribution in [-0.4, -0.2) is 53.3 Å². The van der Waals surface area contributed by atoms with Crippen LogP contribution in [0.25, 0.3) is 0 Å². The maximum absolute atomic E-state index is 13.0. The number of nitrogens with zero attached hydrogens (tertiary/aromatic N) is 1. The lowest BCUT2D eigenvalue weighted by atomic mass is 9.84. The number of nitrogens with one attached hydrogen (secondary N) is 2. The van der Waals surface area contributed by atoms with E-state index in [1.165, 1.54) is 16.7 Å². The summed E-state index contributed by atoms with van der Waals surface area (Å²) >= 11 is 1.97. The van der Waals surface area contributed by atoms with Crippen LogP contribution in [0.2, 0.25) is 0 Å². The molecule has 4 aromatic carbocycles. The molecule has 0 heterocycles. The van der Waals surface area contributed by atoms with Gasteiger partial charge in [0.15, 0.2) is 0 Å². The van der Waals surface area contributed by atoms with Crippen molar-refractivity contribution in [2.45, 2.75) is 56.8 Å². The fourth-order valence-corrected chi connectivity index (χ4v) is 6.97. The number of ether oxygens (including phenoxy) is 2. The van der Waals surface area contributed by atoms with Crippen molar-refractivity contribution in [1.82, 2.24) is 10.2 Å². The molecule has 0 aliphatic rings. The molecular weight excluding hydrogens is 623 g/mol. The standard InChI is InChI=1S/C39H47N3O5S/c1-38(2,3)47-37(44)42(29-27-40-36(43)46-35-25-23-34(41-45)24-26-35)28-15-4-5-16-30-48-39(31-17-9-6-10-18-31,32-19-11-7-12-20-32)33-21-13-8-14-22-33/h6-14,17-26,41,45H,4-5,15-16,27-30H2,1-3H3,(H,40,43). The lowest BCUT2D eigenvalue weighted by Crippen LogP contribution is -2.42. The number of carbonyl (C=O) groups excluding carboxylic acids is 2. The van der Waals surface area contributed by atoms with E-state index in [1.807, 2.05) is 38.0 Å². The molecule has 8 nitrogen and oxygen atoms in total. The second kappa shape index (κ2) is 18.2. The third-order valence-electron chi connectivity index (χ3n) is 7.68. The van der Waals surface area contributed by atoms with E-state index in [-0.39, 0.29) is 11.3 Å². The van der Waals surface area contributed by atoms with Crippen LogP contribution < -0.4 is 15.5 Å². The Morgan fingerprint density at radius 3 is 1.73 bits per heavy atom. The highest BCUT2D eigenvalue weighted by molar-refractivity contribution is 8.00. The van der Waals surface area contributed by atoms with Gasteiger partial charge < -0.3 is 19.7 Å². The average molecular weight is 670 g/mol. The largest absolute Gasteiger partial charge is 0.444 e. The van der Waals surface area contributed by atoms with Crippen LogP contribution in [0.3, 0.4) is 0 Å². The van der Waals surface area contributed by atoms with E-state index in [1.54, 1.807) is 29.2 Å². The van der Waals surface area contributed by atoms with Crippen LogP contribution in [-0.2, 0) is 9.48 Å². The van der Waals surface area contributed by atoms with E-state index >= 15 is 0 Å². The average Bonchev–Trinajstić information content (AvgIpc) is 3.09. The van der Waals surface area contributed by atoms with Crippen molar-refractivity contribution in [3.8, 4) is 5.75 Å². The zero-order chi connectivity index (χ0) is 34.2. The molecule has 9 heteroatoms. The molecule has 0 atom stereocenters. The summed E-state index contributed by atoms with van der Waals surface area (Å²) in [6.07, 6.45) is 2.81. The molecule has 0 aliphatic heterocycles. The van der Waals surface area contributed by atoms with Gasteiger partial charge in [0.2, 0.25) is 0 Å². The molecule has 0 bridgehead atoms. The Kier molecular flexibility index (Phi) is 13.8. The summed E-state index contributed by atoms with van der Waals surface area (Å²) in [5, 5.41) is 11.6. The number of hydrogen-bond donors (Lipinski definition) is 3. The molecule has 4 aromatic rings. The first-order valence-electron chi connectivity index (χ1n) is 16.5. The van der Waals surface area contributed by atoms with Gasteiger partial charge >= 0.3 is 12.2 Å². The first kappa shape index (κ1) is 36.4. The van der Waals surface area contributed by atoms with Gasteiger partial charge in [0.05, 0.1) is 10.4 Å². The smallest absolute Gasteiger partial charge is 0.412 e. The van der Waals surface area contributed by atoms with Gasteiger partial charge in [-0.3, -0.25) is 10.7 Å². The lowest BCUT2D eigenvalue weighted by Gasteiger charge is -2.35. The topological polar surface area (TPSA) is 100 Å². The molecule has 4 rings (SSSR count). The first-order chi connectivity index (χ1) is 23.2. The lowest BCUT2D eigenvalue weighted by molar-refractivity contribution is 0.0248. The number of benzene rings is 4. The molecule has 0 unspecified atom stereocenters. The maximum atomic E-state index is 13.0. The van der Waals surface area contributed by atoms with Gasteiger partial charge in [0.1, 0.15) is 11.4 Å². The number of anilines is 1. The van der Waals surface area contributed by atoms with Crippen molar-refractivity contribution < 1.29 is 24.3 Å². The summed E-state index contributed by atoms with van der Waals surface area (Å²) in [5.41, 5.74) is 5.66. The van der Waals surface area contributed by atoms with Crippen molar-refractivity contribution in [3.05, 3.63) is 132 Å². The Balaban J connectivity index is 1.30. The molecule has 0 saturated heterocycles. The van der Waals surface area contributed by atoms with Crippen molar-refractivity contribution in [2.75, 3.05) is 30.9 Å². The molecule has 0 aliphatic carbocycles.